The molecule has 0 amide bonds. The Kier molecular flexibility index (Phi) is 3.00. The molecule has 0 fully saturated rings. The number of nitrogens with zero attached hydrogens (tertiary/aromatic N) is 2. The number of pyridine rings is 1. The Morgan fingerprint density at radius 1 is 1.36 bits per heavy atom. The average molecular weight is 223 g/mol. The molecule has 0 saturated carbocycles. The van der Waals surface area contributed by atoms with Crippen molar-refractivity contribution < 1.29 is 0 Å². The summed E-state index contributed by atoms with van der Waals surface area (Å²) in [6, 6.07) is 5.92. The van der Waals surface area contributed by atoms with E-state index < -0.39 is 0 Å². The van der Waals surface area contributed by atoms with Crippen LogP contribution in [0.4, 0.5) is 5.13 Å². The van der Waals surface area contributed by atoms with E-state index in [-0.39, 0.29) is 0 Å². The van der Waals surface area contributed by atoms with Crippen molar-refractivity contribution in [1.82, 2.24) is 9.97 Å². The Morgan fingerprint density at radius 2 is 2.29 bits per heavy atom. The standard InChI is InChI=1S/C9H9N3S2/c10-9-12-5-8(14-9)13-6-7-3-1-2-4-11-7/h1-5H,6H2,(H2,10,12). The summed E-state index contributed by atoms with van der Waals surface area (Å²) in [5, 5.41) is 0.619. The molecule has 5 heteroatoms. The summed E-state index contributed by atoms with van der Waals surface area (Å²) >= 11 is 3.22. The third-order valence-electron chi connectivity index (χ3n) is 1.59. The largest absolute Gasteiger partial charge is 0.375 e. The topological polar surface area (TPSA) is 51.8 Å². The van der Waals surface area contributed by atoms with Gasteiger partial charge in [0.15, 0.2) is 5.13 Å². The molecule has 0 aliphatic heterocycles. The minimum absolute atomic E-state index is 0.619. The maximum Gasteiger partial charge on any atom is 0.181 e. The Hall–Kier alpha value is -1.07. The van der Waals surface area contributed by atoms with E-state index in [2.05, 4.69) is 9.97 Å². The fourth-order valence-corrected chi connectivity index (χ4v) is 2.64. The molecule has 0 atom stereocenters. The van der Waals surface area contributed by atoms with Gasteiger partial charge in [-0.25, -0.2) is 4.98 Å². The lowest BCUT2D eigenvalue weighted by atomic mass is 10.4. The molecule has 0 radical (unpaired) electrons. The molecule has 0 bridgehead atoms. The molecule has 14 heavy (non-hydrogen) atoms. The van der Waals surface area contributed by atoms with E-state index in [4.69, 9.17) is 5.73 Å². The van der Waals surface area contributed by atoms with Gasteiger partial charge in [0.2, 0.25) is 0 Å². The van der Waals surface area contributed by atoms with Crippen LogP contribution in [0.1, 0.15) is 5.69 Å². The number of rotatable bonds is 3. The average Bonchev–Trinajstić information content (AvgIpc) is 2.63. The molecule has 2 N–H and O–H groups in total. The molecule has 0 aliphatic carbocycles. The lowest BCUT2D eigenvalue weighted by Gasteiger charge is -1.96. The highest BCUT2D eigenvalue weighted by atomic mass is 32.2. The van der Waals surface area contributed by atoms with Crippen LogP contribution in [-0.4, -0.2) is 9.97 Å². The predicted molar refractivity (Wildman–Crippen MR) is 60.3 cm³/mol. The second kappa shape index (κ2) is 4.43. The molecule has 0 saturated heterocycles. The van der Waals surface area contributed by atoms with Crippen molar-refractivity contribution in [2.24, 2.45) is 0 Å². The number of hydrogen-bond donors (Lipinski definition) is 1. The molecule has 2 rings (SSSR count). The Labute approximate surface area is 90.4 Å². The van der Waals surface area contributed by atoms with Gasteiger partial charge in [-0.3, -0.25) is 4.98 Å². The normalized spacial score (nSPS) is 10.3. The number of aromatic nitrogens is 2. The maximum absolute atomic E-state index is 5.53. The number of thiazole rings is 1. The second-order valence-corrected chi connectivity index (χ2v) is 4.97. The van der Waals surface area contributed by atoms with Gasteiger partial charge in [-0.1, -0.05) is 17.4 Å². The van der Waals surface area contributed by atoms with Crippen LogP contribution in [0.2, 0.25) is 0 Å². The van der Waals surface area contributed by atoms with Gasteiger partial charge < -0.3 is 5.73 Å². The fourth-order valence-electron chi connectivity index (χ4n) is 0.967. The van der Waals surface area contributed by atoms with Crippen molar-refractivity contribution in [3.63, 3.8) is 0 Å². The summed E-state index contributed by atoms with van der Waals surface area (Å²) in [5.41, 5.74) is 6.60. The van der Waals surface area contributed by atoms with Crippen LogP contribution in [-0.2, 0) is 5.75 Å². The first-order chi connectivity index (χ1) is 6.84. The summed E-state index contributed by atoms with van der Waals surface area (Å²) in [4.78, 5) is 8.22. The van der Waals surface area contributed by atoms with E-state index in [1.165, 1.54) is 11.3 Å². The Bertz CT molecular complexity index is 399. The molecule has 0 aromatic carbocycles. The van der Waals surface area contributed by atoms with Gasteiger partial charge in [-0.15, -0.1) is 11.8 Å². The first-order valence-electron chi connectivity index (χ1n) is 4.08. The number of hydrogen-bond acceptors (Lipinski definition) is 5. The van der Waals surface area contributed by atoms with Crippen LogP contribution in [0.15, 0.2) is 34.8 Å². The van der Waals surface area contributed by atoms with Crippen LogP contribution < -0.4 is 5.73 Å². The van der Waals surface area contributed by atoms with Crippen molar-refractivity contribution in [3.8, 4) is 0 Å². The van der Waals surface area contributed by atoms with Crippen molar-refractivity contribution in [2.45, 2.75) is 9.96 Å². The molecule has 0 unspecified atom stereocenters. The van der Waals surface area contributed by atoms with Crippen LogP contribution in [0, 0.1) is 0 Å². The quantitative estimate of drug-likeness (QED) is 0.812. The number of nitrogens with two attached hydrogens (primary N) is 1. The molecule has 2 aromatic rings. The van der Waals surface area contributed by atoms with E-state index in [0.717, 1.165) is 15.7 Å². The highest BCUT2D eigenvalue weighted by molar-refractivity contribution is 8.00. The predicted octanol–water partition coefficient (Wildman–Crippen LogP) is 2.41. The van der Waals surface area contributed by atoms with Crippen LogP contribution >= 0.6 is 23.1 Å². The van der Waals surface area contributed by atoms with Crippen LogP contribution in [0.3, 0.4) is 0 Å². The minimum atomic E-state index is 0.619. The maximum atomic E-state index is 5.53. The van der Waals surface area contributed by atoms with Gasteiger partial charge in [0.25, 0.3) is 0 Å². The zero-order valence-corrected chi connectivity index (χ0v) is 9.02. The Morgan fingerprint density at radius 3 is 2.93 bits per heavy atom. The summed E-state index contributed by atoms with van der Waals surface area (Å²) in [6.07, 6.45) is 3.60. The smallest absolute Gasteiger partial charge is 0.181 e. The van der Waals surface area contributed by atoms with Crippen molar-refractivity contribution >= 4 is 28.2 Å². The zero-order chi connectivity index (χ0) is 9.80. The molecule has 2 heterocycles. The van der Waals surface area contributed by atoms with Gasteiger partial charge in [0.1, 0.15) is 0 Å². The monoisotopic (exact) mass is 223 g/mol. The summed E-state index contributed by atoms with van der Waals surface area (Å²) in [6.45, 7) is 0. The highest BCUT2D eigenvalue weighted by Crippen LogP contribution is 2.28. The van der Waals surface area contributed by atoms with E-state index in [1.54, 1.807) is 24.2 Å². The molecule has 2 aromatic heterocycles. The number of thioether (sulfide) groups is 1. The zero-order valence-electron chi connectivity index (χ0n) is 7.38. The highest BCUT2D eigenvalue weighted by Gasteiger charge is 2.00. The van der Waals surface area contributed by atoms with Gasteiger partial charge in [-0.2, -0.15) is 0 Å². The lowest BCUT2D eigenvalue weighted by molar-refractivity contribution is 1.17. The first-order valence-corrected chi connectivity index (χ1v) is 5.89. The SMILES string of the molecule is Nc1ncc(SCc2ccccn2)s1. The number of nitrogen functional groups attached to an aromatic ring is 1. The molecular weight excluding hydrogens is 214 g/mol. The van der Waals surface area contributed by atoms with E-state index in [1.807, 2.05) is 18.2 Å². The number of anilines is 1. The van der Waals surface area contributed by atoms with Gasteiger partial charge in [0, 0.05) is 11.9 Å². The van der Waals surface area contributed by atoms with E-state index >= 15 is 0 Å². The van der Waals surface area contributed by atoms with Gasteiger partial charge in [0.05, 0.1) is 16.1 Å². The van der Waals surface area contributed by atoms with Crippen LogP contribution in [0.25, 0.3) is 0 Å². The van der Waals surface area contributed by atoms with Crippen molar-refractivity contribution in [1.29, 1.82) is 0 Å². The van der Waals surface area contributed by atoms with E-state index in [9.17, 15) is 0 Å². The Balaban J connectivity index is 1.95. The molecular formula is C9H9N3S2. The van der Waals surface area contributed by atoms with Crippen LogP contribution in [0.5, 0.6) is 0 Å². The van der Waals surface area contributed by atoms with E-state index in [0.29, 0.717) is 5.13 Å². The molecule has 0 aliphatic rings. The van der Waals surface area contributed by atoms with Gasteiger partial charge >= 0.3 is 0 Å². The van der Waals surface area contributed by atoms with Gasteiger partial charge in [-0.05, 0) is 12.1 Å². The summed E-state index contributed by atoms with van der Waals surface area (Å²) in [7, 11) is 0. The fraction of sp³-hybridized carbons (Fsp3) is 0.111. The molecule has 3 nitrogen and oxygen atoms in total. The molecule has 72 valence electrons. The minimum Gasteiger partial charge on any atom is -0.375 e. The summed E-state index contributed by atoms with van der Waals surface area (Å²) in [5.74, 6) is 0.864. The third kappa shape index (κ3) is 2.46. The summed E-state index contributed by atoms with van der Waals surface area (Å²) < 4.78 is 1.13. The second-order valence-electron chi connectivity index (χ2n) is 2.63. The van der Waals surface area contributed by atoms with Crippen molar-refractivity contribution in [2.75, 3.05) is 5.73 Å². The van der Waals surface area contributed by atoms with Crippen molar-refractivity contribution in [3.05, 3.63) is 36.3 Å². The first kappa shape index (κ1) is 9.48. The molecule has 0 spiro atoms. The lowest BCUT2D eigenvalue weighted by Crippen LogP contribution is -1.82. The third-order valence-corrected chi connectivity index (χ3v) is 3.65.